The largest absolute Gasteiger partial charge is 0.394 e. The summed E-state index contributed by atoms with van der Waals surface area (Å²) < 4.78 is 0. The highest BCUT2D eigenvalue weighted by atomic mass is 16.4. The van der Waals surface area contributed by atoms with Gasteiger partial charge in [-0.05, 0) is 0 Å². The Morgan fingerprint density at radius 2 is 1.82 bits per heavy atom. The molecule has 3 unspecified atom stereocenters. The van der Waals surface area contributed by atoms with E-state index in [1.807, 2.05) is 0 Å². The van der Waals surface area contributed by atoms with E-state index in [0.29, 0.717) is 0 Å². The summed E-state index contributed by atoms with van der Waals surface area (Å²) in [6, 6.07) is 0. The maximum Gasteiger partial charge on any atom is 0.219 e. The van der Waals surface area contributed by atoms with E-state index in [-0.39, 0.29) is 13.0 Å². The van der Waals surface area contributed by atoms with Crippen molar-refractivity contribution in [1.29, 1.82) is 0 Å². The molecule has 0 aromatic heterocycles. The first-order valence-electron chi connectivity index (χ1n) is 5.01. The number of rotatable bonds is 8. The molecule has 0 saturated carbocycles. The lowest BCUT2D eigenvalue weighted by Gasteiger charge is -2.23. The number of carbonyl (C=O) groups is 1. The van der Waals surface area contributed by atoms with Crippen molar-refractivity contribution in [2.24, 2.45) is 10.7 Å². The molecule has 0 aliphatic carbocycles. The Hall–Kier alpha value is -1.06. The molecule has 0 bridgehead atoms. The van der Waals surface area contributed by atoms with Crippen LogP contribution in [-0.2, 0) is 4.79 Å². The minimum atomic E-state index is -1.70. The zero-order valence-corrected chi connectivity index (χ0v) is 9.18. The summed E-state index contributed by atoms with van der Waals surface area (Å²) in [7, 11) is 0. The minimum absolute atomic E-state index is 0.00112. The molecular weight excluding hydrogens is 232 g/mol. The summed E-state index contributed by atoms with van der Waals surface area (Å²) in [5, 5.41) is 45.5. The number of hydrogen-bond donors (Lipinski definition) is 6. The van der Waals surface area contributed by atoms with Crippen LogP contribution in [0, 0.1) is 0 Å². The van der Waals surface area contributed by atoms with E-state index in [1.54, 1.807) is 0 Å². The van der Waals surface area contributed by atoms with E-state index >= 15 is 0 Å². The third-order valence-corrected chi connectivity index (χ3v) is 2.03. The Balaban J connectivity index is 4.12. The fourth-order valence-electron chi connectivity index (χ4n) is 0.983. The average Bonchev–Trinajstić information content (AvgIpc) is 2.31. The summed E-state index contributed by atoms with van der Waals surface area (Å²) >= 11 is 0. The Labute approximate surface area is 98.0 Å². The van der Waals surface area contributed by atoms with Crippen molar-refractivity contribution in [1.82, 2.24) is 0 Å². The minimum Gasteiger partial charge on any atom is -0.394 e. The lowest BCUT2D eigenvalue weighted by atomic mass is 10.0. The number of carbonyl (C=O) groups excluding carboxylic acids is 1. The molecule has 1 amide bonds. The maximum atomic E-state index is 10.3. The second-order valence-corrected chi connectivity index (χ2v) is 3.49. The molecule has 4 atom stereocenters. The van der Waals surface area contributed by atoms with Crippen LogP contribution in [-0.4, -0.2) is 75.2 Å². The van der Waals surface area contributed by atoms with Gasteiger partial charge in [0.1, 0.15) is 24.4 Å². The van der Waals surface area contributed by atoms with Crippen LogP contribution in [0.1, 0.15) is 6.42 Å². The molecule has 0 rings (SSSR count). The van der Waals surface area contributed by atoms with E-state index < -0.39 is 36.9 Å². The van der Waals surface area contributed by atoms with Crippen molar-refractivity contribution < 1.29 is 30.3 Å². The van der Waals surface area contributed by atoms with Gasteiger partial charge in [0.15, 0.2) is 0 Å². The number of nitrogens with two attached hydrogens (primary N) is 1. The van der Waals surface area contributed by atoms with Gasteiger partial charge in [0.05, 0.1) is 6.61 Å². The van der Waals surface area contributed by atoms with Crippen LogP contribution in [0.25, 0.3) is 0 Å². The third-order valence-electron chi connectivity index (χ3n) is 2.03. The molecule has 0 saturated heterocycles. The van der Waals surface area contributed by atoms with E-state index in [9.17, 15) is 20.1 Å². The average molecular weight is 250 g/mol. The molecule has 0 aliphatic rings. The number of aliphatic hydroxyl groups excluding tert-OH is 5. The zero-order valence-electron chi connectivity index (χ0n) is 9.18. The van der Waals surface area contributed by atoms with Crippen molar-refractivity contribution in [2.75, 3.05) is 13.2 Å². The first-order chi connectivity index (χ1) is 7.90. The van der Waals surface area contributed by atoms with Crippen LogP contribution >= 0.6 is 0 Å². The predicted octanol–water partition coefficient (Wildman–Crippen LogP) is -3.63. The van der Waals surface area contributed by atoms with Gasteiger partial charge < -0.3 is 31.3 Å². The van der Waals surface area contributed by atoms with Gasteiger partial charge in [-0.1, -0.05) is 0 Å². The second-order valence-electron chi connectivity index (χ2n) is 3.49. The van der Waals surface area contributed by atoms with Gasteiger partial charge in [0.2, 0.25) is 5.91 Å². The molecule has 8 nitrogen and oxygen atoms in total. The van der Waals surface area contributed by atoms with Gasteiger partial charge in [-0.25, -0.2) is 0 Å². The van der Waals surface area contributed by atoms with Crippen molar-refractivity contribution in [3.8, 4) is 0 Å². The first kappa shape index (κ1) is 15.9. The molecule has 0 radical (unpaired) electrons. The quantitative estimate of drug-likeness (QED) is 0.244. The highest BCUT2D eigenvalue weighted by molar-refractivity contribution is 5.74. The summed E-state index contributed by atoms with van der Waals surface area (Å²) in [6.07, 6.45) is -5.52. The molecule has 8 heteroatoms. The van der Waals surface area contributed by atoms with Crippen molar-refractivity contribution in [3.63, 3.8) is 0 Å². The number of amides is 1. The number of nitrogens with zero attached hydrogens (tertiary/aromatic N) is 1. The van der Waals surface area contributed by atoms with Crippen LogP contribution in [0.4, 0.5) is 0 Å². The van der Waals surface area contributed by atoms with E-state index in [2.05, 4.69) is 4.99 Å². The number of aliphatic imine (C=N–C) groups is 1. The second kappa shape index (κ2) is 8.09. The van der Waals surface area contributed by atoms with Crippen molar-refractivity contribution in [2.45, 2.75) is 30.8 Å². The van der Waals surface area contributed by atoms with E-state index in [1.165, 1.54) is 0 Å². The number of aliphatic hydroxyl groups is 5. The molecule has 17 heavy (non-hydrogen) atoms. The van der Waals surface area contributed by atoms with Gasteiger partial charge in [-0.2, -0.15) is 0 Å². The normalized spacial score (nSPS) is 18.9. The van der Waals surface area contributed by atoms with Crippen LogP contribution in [0.3, 0.4) is 0 Å². The molecule has 0 heterocycles. The smallest absolute Gasteiger partial charge is 0.219 e. The molecule has 7 N–H and O–H groups in total. The van der Waals surface area contributed by atoms with E-state index in [0.717, 1.165) is 6.21 Å². The van der Waals surface area contributed by atoms with Gasteiger partial charge in [-0.15, -0.1) is 0 Å². The molecule has 0 fully saturated rings. The SMILES string of the molecule is NC(=O)CCN=C[C@H](O)C(O)C(O)C(O)CO. The highest BCUT2D eigenvalue weighted by Gasteiger charge is 2.28. The van der Waals surface area contributed by atoms with Crippen molar-refractivity contribution >= 4 is 12.1 Å². The standard InChI is InChI=1S/C9H18N2O6/c10-7(15)1-2-11-3-5(13)8(16)9(17)6(14)4-12/h3,5-6,8-9,12-14,16-17H,1-2,4H2,(H2,10,15)/t5-,6?,8?,9?/m0/s1. The van der Waals surface area contributed by atoms with Gasteiger partial charge in [-0.3, -0.25) is 9.79 Å². The number of primary amides is 1. The zero-order chi connectivity index (χ0) is 13.4. The summed E-state index contributed by atoms with van der Waals surface area (Å²) in [5.41, 5.74) is 4.85. The maximum absolute atomic E-state index is 10.3. The topological polar surface area (TPSA) is 157 Å². The summed E-state index contributed by atoms with van der Waals surface area (Å²) in [6.45, 7) is -0.693. The monoisotopic (exact) mass is 250 g/mol. The van der Waals surface area contributed by atoms with Gasteiger partial charge >= 0.3 is 0 Å². The lowest BCUT2D eigenvalue weighted by Crippen LogP contribution is -2.46. The fraction of sp³-hybridized carbons (Fsp3) is 0.778. The van der Waals surface area contributed by atoms with Crippen LogP contribution in [0.5, 0.6) is 0 Å². The number of hydrogen-bond acceptors (Lipinski definition) is 7. The molecule has 100 valence electrons. The molecule has 0 aliphatic heterocycles. The van der Waals surface area contributed by atoms with Crippen LogP contribution in [0.2, 0.25) is 0 Å². The molecule has 0 aromatic rings. The van der Waals surface area contributed by atoms with Crippen LogP contribution < -0.4 is 5.73 Å². The molecule has 0 aromatic carbocycles. The Bertz CT molecular complexity index is 260. The fourth-order valence-corrected chi connectivity index (χ4v) is 0.983. The lowest BCUT2D eigenvalue weighted by molar-refractivity contribution is -0.117. The van der Waals surface area contributed by atoms with Crippen molar-refractivity contribution in [3.05, 3.63) is 0 Å². The Morgan fingerprint density at radius 1 is 1.24 bits per heavy atom. The molecular formula is C9H18N2O6. The van der Waals surface area contributed by atoms with Gasteiger partial charge in [0.25, 0.3) is 0 Å². The predicted molar refractivity (Wildman–Crippen MR) is 58.3 cm³/mol. The Morgan fingerprint density at radius 3 is 2.29 bits per heavy atom. The van der Waals surface area contributed by atoms with Gasteiger partial charge in [0, 0.05) is 19.2 Å². The van der Waals surface area contributed by atoms with E-state index in [4.69, 9.17) is 15.9 Å². The Kier molecular flexibility index (Phi) is 7.59. The first-order valence-corrected chi connectivity index (χ1v) is 5.01. The summed E-state index contributed by atoms with van der Waals surface area (Å²) in [5.74, 6) is -0.548. The summed E-state index contributed by atoms with van der Waals surface area (Å²) in [4.78, 5) is 14.0. The highest BCUT2D eigenvalue weighted by Crippen LogP contribution is 2.03. The molecule has 0 spiro atoms. The van der Waals surface area contributed by atoms with Crippen LogP contribution in [0.15, 0.2) is 4.99 Å². The third kappa shape index (κ3) is 6.29.